The monoisotopic (exact) mass is 395 g/mol. The third kappa shape index (κ3) is 4.48. The molecule has 0 atom stereocenters. The number of hydrogen-bond donors (Lipinski definition) is 1. The van der Waals surface area contributed by atoms with E-state index in [1.54, 1.807) is 27.7 Å². The molecule has 0 saturated heterocycles. The number of hydrogen-bond acceptors (Lipinski definition) is 6. The number of carbonyl (C=O) groups excluding carboxylic acids is 1. The molecule has 2 rings (SSSR count). The number of nitrogens with zero attached hydrogens (tertiary/aromatic N) is 2. The Morgan fingerprint density at radius 1 is 1.26 bits per heavy atom. The lowest BCUT2D eigenvalue weighted by molar-refractivity contribution is -0.115. The van der Waals surface area contributed by atoms with Gasteiger partial charge in [-0.1, -0.05) is 19.0 Å². The summed E-state index contributed by atoms with van der Waals surface area (Å²) in [6.45, 7) is 7.77. The molecule has 27 heavy (non-hydrogen) atoms. The first-order valence-electron chi connectivity index (χ1n) is 8.64. The Kier molecular flexibility index (Phi) is 6.61. The van der Waals surface area contributed by atoms with E-state index < -0.39 is 10.0 Å². The number of aromatic nitrogens is 1. The molecule has 0 unspecified atom stereocenters. The van der Waals surface area contributed by atoms with E-state index in [1.807, 2.05) is 0 Å². The molecule has 1 aromatic heterocycles. The highest BCUT2D eigenvalue weighted by molar-refractivity contribution is 7.89. The van der Waals surface area contributed by atoms with E-state index in [0.717, 1.165) is 0 Å². The van der Waals surface area contributed by atoms with Gasteiger partial charge in [0.1, 0.15) is 11.5 Å². The first kappa shape index (κ1) is 20.9. The van der Waals surface area contributed by atoms with Gasteiger partial charge in [0.05, 0.1) is 29.8 Å². The molecule has 148 valence electrons. The highest BCUT2D eigenvalue weighted by Crippen LogP contribution is 2.29. The zero-order valence-electron chi connectivity index (χ0n) is 16.2. The molecule has 0 fully saturated rings. The minimum atomic E-state index is -3.65. The SMILES string of the molecule is CCN(CC)S(=O)(=O)c1ccc(OC)c(NC(=O)Cc2c(C)noc2C)c1. The molecule has 0 bridgehead atoms. The Morgan fingerprint density at radius 2 is 1.93 bits per heavy atom. The fraction of sp³-hybridized carbons (Fsp3) is 0.444. The van der Waals surface area contributed by atoms with Crippen LogP contribution in [0.25, 0.3) is 0 Å². The molecular weight excluding hydrogens is 370 g/mol. The second kappa shape index (κ2) is 8.53. The van der Waals surface area contributed by atoms with Gasteiger partial charge in [0.15, 0.2) is 0 Å². The number of aryl methyl sites for hydroxylation is 2. The summed E-state index contributed by atoms with van der Waals surface area (Å²) in [6, 6.07) is 4.41. The molecule has 8 nitrogen and oxygen atoms in total. The van der Waals surface area contributed by atoms with Crippen molar-refractivity contribution < 1.29 is 22.5 Å². The van der Waals surface area contributed by atoms with Crippen molar-refractivity contribution in [1.29, 1.82) is 0 Å². The smallest absolute Gasteiger partial charge is 0.243 e. The molecule has 1 aromatic carbocycles. The maximum Gasteiger partial charge on any atom is 0.243 e. The summed E-state index contributed by atoms with van der Waals surface area (Å²) in [5.41, 5.74) is 1.65. The third-order valence-electron chi connectivity index (χ3n) is 4.31. The van der Waals surface area contributed by atoms with Crippen LogP contribution in [0.15, 0.2) is 27.6 Å². The predicted molar refractivity (Wildman–Crippen MR) is 101 cm³/mol. The number of sulfonamides is 1. The van der Waals surface area contributed by atoms with Gasteiger partial charge in [-0.25, -0.2) is 8.42 Å². The van der Waals surface area contributed by atoms with Gasteiger partial charge in [-0.2, -0.15) is 4.31 Å². The quantitative estimate of drug-likeness (QED) is 0.737. The fourth-order valence-electron chi connectivity index (χ4n) is 2.77. The Hall–Kier alpha value is -2.39. The highest BCUT2D eigenvalue weighted by atomic mass is 32.2. The summed E-state index contributed by atoms with van der Waals surface area (Å²) >= 11 is 0. The van der Waals surface area contributed by atoms with Gasteiger partial charge in [0.2, 0.25) is 15.9 Å². The number of anilines is 1. The first-order valence-corrected chi connectivity index (χ1v) is 10.1. The predicted octanol–water partition coefficient (Wildman–Crippen LogP) is 2.51. The van der Waals surface area contributed by atoms with E-state index in [4.69, 9.17) is 9.26 Å². The van der Waals surface area contributed by atoms with Gasteiger partial charge in [-0.3, -0.25) is 4.79 Å². The van der Waals surface area contributed by atoms with Gasteiger partial charge < -0.3 is 14.6 Å². The van der Waals surface area contributed by atoms with Crippen molar-refractivity contribution in [3.63, 3.8) is 0 Å². The van der Waals surface area contributed by atoms with Crippen LogP contribution >= 0.6 is 0 Å². The van der Waals surface area contributed by atoms with Crippen molar-refractivity contribution in [1.82, 2.24) is 9.46 Å². The van der Waals surface area contributed by atoms with Crippen LogP contribution in [-0.2, 0) is 21.2 Å². The average molecular weight is 395 g/mol. The molecule has 0 radical (unpaired) electrons. The average Bonchev–Trinajstić information content (AvgIpc) is 2.94. The molecule has 0 saturated carbocycles. The first-order chi connectivity index (χ1) is 12.7. The maximum atomic E-state index is 12.7. The van der Waals surface area contributed by atoms with Crippen molar-refractivity contribution in [2.24, 2.45) is 0 Å². The third-order valence-corrected chi connectivity index (χ3v) is 6.35. The number of amides is 1. The van der Waals surface area contributed by atoms with Crippen molar-refractivity contribution >= 4 is 21.6 Å². The van der Waals surface area contributed by atoms with Crippen molar-refractivity contribution in [3.8, 4) is 5.75 Å². The van der Waals surface area contributed by atoms with E-state index >= 15 is 0 Å². The maximum absolute atomic E-state index is 12.7. The van der Waals surface area contributed by atoms with Crippen LogP contribution in [0.2, 0.25) is 0 Å². The lowest BCUT2D eigenvalue weighted by Crippen LogP contribution is -2.30. The highest BCUT2D eigenvalue weighted by Gasteiger charge is 2.23. The van der Waals surface area contributed by atoms with Crippen molar-refractivity contribution in [2.75, 3.05) is 25.5 Å². The lowest BCUT2D eigenvalue weighted by atomic mass is 10.1. The Morgan fingerprint density at radius 3 is 2.44 bits per heavy atom. The molecule has 1 amide bonds. The molecule has 0 aliphatic heterocycles. The molecule has 2 aromatic rings. The van der Waals surface area contributed by atoms with E-state index in [0.29, 0.717) is 41.5 Å². The number of ether oxygens (including phenoxy) is 1. The molecule has 0 aliphatic carbocycles. The number of rotatable bonds is 8. The number of benzene rings is 1. The Balaban J connectivity index is 2.31. The summed E-state index contributed by atoms with van der Waals surface area (Å²) in [6.07, 6.45) is 0.0668. The number of nitrogens with one attached hydrogen (secondary N) is 1. The van der Waals surface area contributed by atoms with Crippen LogP contribution < -0.4 is 10.1 Å². The summed E-state index contributed by atoms with van der Waals surface area (Å²) < 4.78 is 37.1. The largest absolute Gasteiger partial charge is 0.495 e. The standard InChI is InChI=1S/C18H25N3O5S/c1-6-21(7-2)27(23,24)14-8-9-17(25-5)16(10-14)19-18(22)11-15-12(3)20-26-13(15)4/h8-10H,6-7,11H2,1-5H3,(H,19,22). The minimum Gasteiger partial charge on any atom is -0.495 e. The van der Waals surface area contributed by atoms with Gasteiger partial charge in [-0.15, -0.1) is 0 Å². The van der Waals surface area contributed by atoms with E-state index in [2.05, 4.69) is 10.5 Å². The second-order valence-corrected chi connectivity index (χ2v) is 7.92. The Labute approximate surface area is 159 Å². The molecule has 0 spiro atoms. The van der Waals surface area contributed by atoms with Gasteiger partial charge in [0.25, 0.3) is 0 Å². The summed E-state index contributed by atoms with van der Waals surface area (Å²) in [7, 11) is -2.19. The summed E-state index contributed by atoms with van der Waals surface area (Å²) in [4.78, 5) is 12.6. The number of methoxy groups -OCH3 is 1. The summed E-state index contributed by atoms with van der Waals surface area (Å²) in [5.74, 6) is 0.633. The fourth-order valence-corrected chi connectivity index (χ4v) is 4.25. The van der Waals surface area contributed by atoms with E-state index in [-0.39, 0.29) is 17.2 Å². The zero-order valence-corrected chi connectivity index (χ0v) is 17.0. The van der Waals surface area contributed by atoms with Crippen LogP contribution in [-0.4, -0.2) is 44.0 Å². The minimum absolute atomic E-state index is 0.0668. The molecular formula is C18H25N3O5S. The molecule has 0 aliphatic rings. The Bertz CT molecular complexity index is 898. The summed E-state index contributed by atoms with van der Waals surface area (Å²) in [5, 5.41) is 6.56. The van der Waals surface area contributed by atoms with Crippen LogP contribution in [0.5, 0.6) is 5.75 Å². The van der Waals surface area contributed by atoms with Gasteiger partial charge in [0, 0.05) is 18.7 Å². The van der Waals surface area contributed by atoms with Crippen molar-refractivity contribution in [3.05, 3.63) is 35.2 Å². The van der Waals surface area contributed by atoms with Crippen molar-refractivity contribution in [2.45, 2.75) is 39.0 Å². The van der Waals surface area contributed by atoms with E-state index in [1.165, 1.54) is 29.6 Å². The number of carbonyl (C=O) groups is 1. The lowest BCUT2D eigenvalue weighted by Gasteiger charge is -2.19. The van der Waals surface area contributed by atoms with Gasteiger partial charge in [-0.05, 0) is 32.0 Å². The molecule has 9 heteroatoms. The second-order valence-electron chi connectivity index (χ2n) is 5.98. The normalized spacial score (nSPS) is 11.6. The van der Waals surface area contributed by atoms with Gasteiger partial charge >= 0.3 is 0 Å². The van der Waals surface area contributed by atoms with Crippen LogP contribution in [0.4, 0.5) is 5.69 Å². The van der Waals surface area contributed by atoms with Crippen LogP contribution in [0.1, 0.15) is 30.9 Å². The topological polar surface area (TPSA) is 102 Å². The molecule has 1 N–H and O–H groups in total. The van der Waals surface area contributed by atoms with Crippen LogP contribution in [0, 0.1) is 13.8 Å². The zero-order chi connectivity index (χ0) is 20.2. The van der Waals surface area contributed by atoms with E-state index in [9.17, 15) is 13.2 Å². The van der Waals surface area contributed by atoms with Crippen LogP contribution in [0.3, 0.4) is 0 Å². The molecule has 1 heterocycles.